The fourth-order valence-electron chi connectivity index (χ4n) is 4.77. The summed E-state index contributed by atoms with van der Waals surface area (Å²) in [5, 5.41) is 0.480. The van der Waals surface area contributed by atoms with Crippen LogP contribution in [0.25, 0.3) is 10.9 Å². The van der Waals surface area contributed by atoms with Crippen molar-refractivity contribution in [1.29, 1.82) is 0 Å². The Labute approximate surface area is 241 Å². The van der Waals surface area contributed by atoms with Gasteiger partial charge in [-0.2, -0.15) is 13.2 Å². The molecule has 0 unspecified atom stereocenters. The average Bonchev–Trinajstić information content (AvgIpc) is 3.00. The van der Waals surface area contributed by atoms with E-state index in [1.807, 2.05) is 60.7 Å². The number of rotatable bonds is 10. The minimum Gasteiger partial charge on any atom is -0.489 e. The number of esters is 1. The van der Waals surface area contributed by atoms with Gasteiger partial charge in [-0.15, -0.1) is 0 Å². The van der Waals surface area contributed by atoms with E-state index in [1.54, 1.807) is 30.5 Å². The topological polar surface area (TPSA) is 57.7 Å². The third-order valence-corrected chi connectivity index (χ3v) is 6.81. The highest BCUT2D eigenvalue weighted by molar-refractivity contribution is 5.86. The van der Waals surface area contributed by atoms with Gasteiger partial charge in [0.2, 0.25) is 0 Å². The van der Waals surface area contributed by atoms with Crippen LogP contribution in [0.5, 0.6) is 11.5 Å². The molecule has 0 aliphatic heterocycles. The highest BCUT2D eigenvalue weighted by atomic mass is 19.4. The number of hydrogen-bond donors (Lipinski definition) is 0. The van der Waals surface area contributed by atoms with Gasteiger partial charge in [-0.1, -0.05) is 66.7 Å². The number of nitrogens with zero attached hydrogens (tertiary/aromatic N) is 1. The second-order valence-corrected chi connectivity index (χ2v) is 9.75. The highest BCUT2D eigenvalue weighted by Crippen LogP contribution is 2.36. The van der Waals surface area contributed by atoms with Gasteiger partial charge < -0.3 is 14.2 Å². The molecule has 1 aromatic heterocycles. The lowest BCUT2D eigenvalue weighted by Crippen LogP contribution is -2.12. The van der Waals surface area contributed by atoms with Crippen molar-refractivity contribution in [1.82, 2.24) is 4.98 Å². The van der Waals surface area contributed by atoms with E-state index >= 15 is 0 Å². The Morgan fingerprint density at radius 2 is 1.43 bits per heavy atom. The van der Waals surface area contributed by atoms with Gasteiger partial charge in [0.25, 0.3) is 0 Å². The third kappa shape index (κ3) is 7.07. The van der Waals surface area contributed by atoms with Crippen LogP contribution in [0.1, 0.15) is 33.4 Å². The molecule has 4 aromatic carbocycles. The fourth-order valence-corrected chi connectivity index (χ4v) is 4.77. The van der Waals surface area contributed by atoms with Crippen molar-refractivity contribution in [3.8, 4) is 11.5 Å². The SMILES string of the molecule is COC(=O)COc1cccc(COc2cccc(Cc3c(Cc4ccccc4)cnc4c(C(F)(F)F)cccc34)c2)c1. The maximum atomic E-state index is 13.8. The lowest BCUT2D eigenvalue weighted by molar-refractivity contribution is -0.143. The Bertz CT molecular complexity index is 1690. The maximum Gasteiger partial charge on any atom is 0.418 e. The molecule has 0 N–H and O–H groups in total. The predicted molar refractivity (Wildman–Crippen MR) is 154 cm³/mol. The number of carbonyl (C=O) groups is 1. The molecule has 0 bridgehead atoms. The van der Waals surface area contributed by atoms with Crippen LogP contribution in [0.4, 0.5) is 13.2 Å². The van der Waals surface area contributed by atoms with Gasteiger partial charge in [0.1, 0.15) is 18.1 Å². The Kier molecular flexibility index (Phi) is 8.71. The van der Waals surface area contributed by atoms with Crippen molar-refractivity contribution in [2.24, 2.45) is 0 Å². The quantitative estimate of drug-likeness (QED) is 0.162. The molecule has 214 valence electrons. The molecule has 0 atom stereocenters. The van der Waals surface area contributed by atoms with Crippen LogP contribution in [0.2, 0.25) is 0 Å². The first-order valence-corrected chi connectivity index (χ1v) is 13.3. The molecule has 5 rings (SSSR count). The number of hydrogen-bond acceptors (Lipinski definition) is 5. The number of benzene rings is 4. The Balaban J connectivity index is 1.41. The molecule has 8 heteroatoms. The Hall–Kier alpha value is -4.85. The van der Waals surface area contributed by atoms with Crippen molar-refractivity contribution in [2.75, 3.05) is 13.7 Å². The summed E-state index contributed by atoms with van der Waals surface area (Å²) in [7, 11) is 1.30. The van der Waals surface area contributed by atoms with Crippen molar-refractivity contribution in [2.45, 2.75) is 25.6 Å². The second-order valence-electron chi connectivity index (χ2n) is 9.75. The number of aromatic nitrogens is 1. The second kappa shape index (κ2) is 12.8. The van der Waals surface area contributed by atoms with E-state index in [0.717, 1.165) is 33.9 Å². The maximum absolute atomic E-state index is 13.8. The van der Waals surface area contributed by atoms with Crippen molar-refractivity contribution in [3.63, 3.8) is 0 Å². The van der Waals surface area contributed by atoms with Gasteiger partial charge in [-0.3, -0.25) is 4.98 Å². The zero-order valence-electron chi connectivity index (χ0n) is 22.9. The summed E-state index contributed by atoms with van der Waals surface area (Å²) in [5.74, 6) is 0.660. The van der Waals surface area contributed by atoms with E-state index in [4.69, 9.17) is 9.47 Å². The number of fused-ring (bicyclic) bond motifs is 1. The molecule has 5 aromatic rings. The standard InChI is InChI=1S/C34H28F3NO4/c1-40-32(39)22-42-28-13-6-11-25(18-28)21-41-27-12-5-10-24(17-27)19-30-26(16-23-8-3-2-4-9-23)20-38-33-29(30)14-7-15-31(33)34(35,36)37/h2-15,17-18,20H,16,19,21-22H2,1H3. The minimum atomic E-state index is -4.51. The van der Waals surface area contributed by atoms with Crippen LogP contribution in [0.15, 0.2) is 103 Å². The van der Waals surface area contributed by atoms with E-state index in [1.165, 1.54) is 13.2 Å². The Morgan fingerprint density at radius 1 is 0.762 bits per heavy atom. The van der Waals surface area contributed by atoms with E-state index in [0.29, 0.717) is 29.7 Å². The number of alkyl halides is 3. The molecule has 0 aliphatic carbocycles. The summed E-state index contributed by atoms with van der Waals surface area (Å²) in [4.78, 5) is 15.6. The van der Waals surface area contributed by atoms with Gasteiger partial charge in [0, 0.05) is 11.6 Å². The lowest BCUT2D eigenvalue weighted by Gasteiger charge is -2.17. The normalized spacial score (nSPS) is 11.3. The monoisotopic (exact) mass is 571 g/mol. The lowest BCUT2D eigenvalue weighted by atomic mass is 9.92. The highest BCUT2D eigenvalue weighted by Gasteiger charge is 2.33. The summed E-state index contributed by atoms with van der Waals surface area (Å²) in [6.45, 7) is 0.0640. The largest absolute Gasteiger partial charge is 0.489 e. The van der Waals surface area contributed by atoms with Crippen LogP contribution in [0.3, 0.4) is 0 Å². The number of halogens is 3. The number of para-hydroxylation sites is 1. The number of carbonyl (C=O) groups excluding carboxylic acids is 1. The van der Waals surface area contributed by atoms with Crippen LogP contribution in [0, 0.1) is 0 Å². The van der Waals surface area contributed by atoms with Gasteiger partial charge in [0.05, 0.1) is 18.2 Å². The van der Waals surface area contributed by atoms with Gasteiger partial charge in [0.15, 0.2) is 6.61 Å². The van der Waals surface area contributed by atoms with E-state index < -0.39 is 17.7 Å². The van der Waals surface area contributed by atoms with Crippen LogP contribution < -0.4 is 9.47 Å². The molecule has 0 saturated carbocycles. The minimum absolute atomic E-state index is 0.0569. The van der Waals surface area contributed by atoms with E-state index in [9.17, 15) is 18.0 Å². The fraction of sp³-hybridized carbons (Fsp3) is 0.176. The summed E-state index contributed by atoms with van der Waals surface area (Å²) < 4.78 is 57.6. The zero-order valence-corrected chi connectivity index (χ0v) is 22.9. The third-order valence-electron chi connectivity index (χ3n) is 6.81. The Morgan fingerprint density at radius 3 is 2.17 bits per heavy atom. The van der Waals surface area contributed by atoms with Crippen LogP contribution >= 0.6 is 0 Å². The molecule has 0 fully saturated rings. The number of methoxy groups -OCH3 is 1. The molecule has 42 heavy (non-hydrogen) atoms. The molecule has 0 saturated heterocycles. The first-order valence-electron chi connectivity index (χ1n) is 13.3. The molecule has 0 radical (unpaired) electrons. The van der Waals surface area contributed by atoms with Gasteiger partial charge in [-0.25, -0.2) is 4.79 Å². The molecule has 0 spiro atoms. The molecule has 5 nitrogen and oxygen atoms in total. The van der Waals surface area contributed by atoms with Crippen LogP contribution in [-0.4, -0.2) is 24.7 Å². The van der Waals surface area contributed by atoms with Crippen LogP contribution in [-0.2, 0) is 35.2 Å². The molecule has 1 heterocycles. The van der Waals surface area contributed by atoms with Gasteiger partial charge >= 0.3 is 12.1 Å². The smallest absolute Gasteiger partial charge is 0.418 e. The van der Waals surface area contributed by atoms with Crippen molar-refractivity contribution < 1.29 is 32.2 Å². The summed E-state index contributed by atoms with van der Waals surface area (Å²) in [5.41, 5.74) is 3.63. The summed E-state index contributed by atoms with van der Waals surface area (Å²) in [6, 6.07) is 28.7. The zero-order chi connectivity index (χ0) is 29.5. The first kappa shape index (κ1) is 28.7. The first-order chi connectivity index (χ1) is 20.3. The van der Waals surface area contributed by atoms with Crippen molar-refractivity contribution >= 4 is 16.9 Å². The van der Waals surface area contributed by atoms with Gasteiger partial charge in [-0.05, 0) is 71.0 Å². The molecular formula is C34H28F3NO4. The van der Waals surface area contributed by atoms with E-state index in [2.05, 4.69) is 9.72 Å². The molecular weight excluding hydrogens is 543 g/mol. The average molecular weight is 572 g/mol. The number of pyridine rings is 1. The summed E-state index contributed by atoms with van der Waals surface area (Å²) in [6.07, 6.45) is -2.01. The molecule has 0 aliphatic rings. The summed E-state index contributed by atoms with van der Waals surface area (Å²) >= 11 is 0. The van der Waals surface area contributed by atoms with E-state index in [-0.39, 0.29) is 18.7 Å². The predicted octanol–water partition coefficient (Wildman–Crippen LogP) is 7.57. The number of ether oxygens (including phenoxy) is 3. The van der Waals surface area contributed by atoms with Crippen molar-refractivity contribution in [3.05, 3.63) is 137 Å². The molecule has 0 amide bonds.